The molecule has 14 heavy (non-hydrogen) atoms. The molecule has 0 aromatic carbocycles. The van der Waals surface area contributed by atoms with Crippen molar-refractivity contribution in [1.82, 2.24) is 5.32 Å². The average molecular weight is 191 g/mol. The molecule has 1 rings (SSSR count). The average Bonchev–Trinajstić information content (AvgIpc) is 2.59. The topological polar surface area (TPSA) is 59.3 Å². The van der Waals surface area contributed by atoms with Crippen LogP contribution in [0.4, 0.5) is 0 Å². The SMILES string of the molecule is CC(=O)NCC#Cc1ccoc1C=O. The Kier molecular flexibility index (Phi) is 3.50. The number of rotatable bonds is 2. The van der Waals surface area contributed by atoms with Crippen LogP contribution in [-0.4, -0.2) is 18.7 Å². The fourth-order valence-corrected chi connectivity index (χ4v) is 0.824. The van der Waals surface area contributed by atoms with Gasteiger partial charge >= 0.3 is 0 Å². The van der Waals surface area contributed by atoms with Gasteiger partial charge in [0, 0.05) is 6.92 Å². The third-order valence-corrected chi connectivity index (χ3v) is 1.45. The standard InChI is InChI=1S/C10H9NO3/c1-8(13)11-5-2-3-9-4-6-14-10(9)7-12/h4,6-7H,5H2,1H3,(H,11,13). The van der Waals surface area contributed by atoms with Crippen molar-refractivity contribution in [2.24, 2.45) is 0 Å². The monoisotopic (exact) mass is 191 g/mol. The molecular formula is C10H9NO3. The first-order chi connectivity index (χ1) is 6.74. The van der Waals surface area contributed by atoms with Crippen molar-refractivity contribution in [1.29, 1.82) is 0 Å². The quantitative estimate of drug-likeness (QED) is 0.549. The van der Waals surface area contributed by atoms with E-state index in [1.807, 2.05) is 0 Å². The summed E-state index contributed by atoms with van der Waals surface area (Å²) >= 11 is 0. The van der Waals surface area contributed by atoms with Crippen LogP contribution in [0, 0.1) is 11.8 Å². The van der Waals surface area contributed by atoms with E-state index in [2.05, 4.69) is 17.2 Å². The Morgan fingerprint density at radius 3 is 3.14 bits per heavy atom. The second-order valence-electron chi connectivity index (χ2n) is 2.53. The highest BCUT2D eigenvalue weighted by molar-refractivity contribution is 5.75. The van der Waals surface area contributed by atoms with Gasteiger partial charge < -0.3 is 9.73 Å². The molecule has 1 N–H and O–H groups in total. The van der Waals surface area contributed by atoms with Crippen molar-refractivity contribution in [3.8, 4) is 11.8 Å². The Morgan fingerprint density at radius 1 is 1.71 bits per heavy atom. The smallest absolute Gasteiger partial charge is 0.217 e. The first-order valence-corrected chi connectivity index (χ1v) is 4.00. The van der Waals surface area contributed by atoms with Crippen molar-refractivity contribution in [2.45, 2.75) is 6.92 Å². The molecule has 1 aromatic heterocycles. The van der Waals surface area contributed by atoms with Gasteiger partial charge in [0.05, 0.1) is 18.4 Å². The normalized spacial score (nSPS) is 8.64. The number of hydrogen-bond acceptors (Lipinski definition) is 3. The Bertz CT molecular complexity index is 395. The fourth-order valence-electron chi connectivity index (χ4n) is 0.824. The van der Waals surface area contributed by atoms with Crippen LogP contribution in [0.3, 0.4) is 0 Å². The van der Waals surface area contributed by atoms with Gasteiger partial charge in [-0.25, -0.2) is 0 Å². The zero-order valence-electron chi connectivity index (χ0n) is 7.66. The minimum Gasteiger partial charge on any atom is -0.460 e. The van der Waals surface area contributed by atoms with Crippen molar-refractivity contribution in [3.63, 3.8) is 0 Å². The van der Waals surface area contributed by atoms with E-state index in [1.165, 1.54) is 13.2 Å². The summed E-state index contributed by atoms with van der Waals surface area (Å²) in [4.78, 5) is 20.9. The Hall–Kier alpha value is -2.02. The number of aldehydes is 1. The maximum atomic E-state index is 10.5. The van der Waals surface area contributed by atoms with Crippen LogP contribution < -0.4 is 5.32 Å². The zero-order chi connectivity index (χ0) is 10.4. The van der Waals surface area contributed by atoms with Gasteiger partial charge in [-0.1, -0.05) is 11.8 Å². The van der Waals surface area contributed by atoms with Gasteiger partial charge in [0.15, 0.2) is 12.0 Å². The molecule has 0 unspecified atom stereocenters. The summed E-state index contributed by atoms with van der Waals surface area (Å²) in [5, 5.41) is 2.51. The van der Waals surface area contributed by atoms with E-state index in [0.29, 0.717) is 11.8 Å². The molecule has 72 valence electrons. The van der Waals surface area contributed by atoms with Crippen LogP contribution in [0.2, 0.25) is 0 Å². The molecule has 4 heteroatoms. The summed E-state index contributed by atoms with van der Waals surface area (Å²) in [6, 6.07) is 1.60. The minimum absolute atomic E-state index is 0.137. The number of nitrogens with one attached hydrogen (secondary N) is 1. The summed E-state index contributed by atoms with van der Waals surface area (Å²) in [7, 11) is 0. The molecule has 1 heterocycles. The molecule has 0 bridgehead atoms. The predicted molar refractivity (Wildman–Crippen MR) is 49.7 cm³/mol. The lowest BCUT2D eigenvalue weighted by molar-refractivity contribution is -0.118. The van der Waals surface area contributed by atoms with E-state index in [1.54, 1.807) is 6.07 Å². The van der Waals surface area contributed by atoms with E-state index in [4.69, 9.17) is 4.42 Å². The lowest BCUT2D eigenvalue weighted by atomic mass is 10.2. The highest BCUT2D eigenvalue weighted by atomic mass is 16.3. The number of amides is 1. The fraction of sp³-hybridized carbons (Fsp3) is 0.200. The number of hydrogen-bond donors (Lipinski definition) is 1. The summed E-state index contributed by atoms with van der Waals surface area (Å²) < 4.78 is 4.83. The lowest BCUT2D eigenvalue weighted by Gasteiger charge is -1.90. The molecule has 0 saturated heterocycles. The summed E-state index contributed by atoms with van der Waals surface area (Å²) in [6.07, 6.45) is 1.99. The molecule has 0 spiro atoms. The third-order valence-electron chi connectivity index (χ3n) is 1.45. The molecule has 0 atom stereocenters. The highest BCUT2D eigenvalue weighted by Crippen LogP contribution is 2.04. The first kappa shape index (κ1) is 10.1. The van der Waals surface area contributed by atoms with Crippen LogP contribution in [0.15, 0.2) is 16.7 Å². The van der Waals surface area contributed by atoms with Crippen LogP contribution in [0.5, 0.6) is 0 Å². The molecule has 4 nitrogen and oxygen atoms in total. The minimum atomic E-state index is -0.137. The summed E-state index contributed by atoms with van der Waals surface area (Å²) in [6.45, 7) is 1.68. The van der Waals surface area contributed by atoms with E-state index < -0.39 is 0 Å². The molecule has 1 amide bonds. The van der Waals surface area contributed by atoms with E-state index in [-0.39, 0.29) is 18.2 Å². The maximum absolute atomic E-state index is 10.5. The zero-order valence-corrected chi connectivity index (χ0v) is 7.66. The van der Waals surface area contributed by atoms with E-state index in [0.717, 1.165) is 0 Å². The van der Waals surface area contributed by atoms with Gasteiger partial charge in [0.2, 0.25) is 5.91 Å². The summed E-state index contributed by atoms with van der Waals surface area (Å²) in [5.74, 6) is 5.47. The lowest BCUT2D eigenvalue weighted by Crippen LogP contribution is -2.19. The van der Waals surface area contributed by atoms with Gasteiger partial charge in [0.25, 0.3) is 0 Å². The van der Waals surface area contributed by atoms with Crippen LogP contribution in [0.1, 0.15) is 23.0 Å². The van der Waals surface area contributed by atoms with Crippen LogP contribution in [0.25, 0.3) is 0 Å². The van der Waals surface area contributed by atoms with Crippen molar-refractivity contribution < 1.29 is 14.0 Å². The second-order valence-corrected chi connectivity index (χ2v) is 2.53. The predicted octanol–water partition coefficient (Wildman–Crippen LogP) is 0.580. The first-order valence-electron chi connectivity index (χ1n) is 4.00. The third kappa shape index (κ3) is 2.79. The van der Waals surface area contributed by atoms with Crippen molar-refractivity contribution in [2.75, 3.05) is 6.54 Å². The highest BCUT2D eigenvalue weighted by Gasteiger charge is 1.99. The van der Waals surface area contributed by atoms with Gasteiger partial charge in [-0.3, -0.25) is 9.59 Å². The number of furan rings is 1. The Balaban J connectivity index is 2.58. The largest absolute Gasteiger partial charge is 0.460 e. The molecule has 0 saturated carbocycles. The molecule has 0 radical (unpaired) electrons. The molecule has 1 aromatic rings. The number of carbonyl (C=O) groups excluding carboxylic acids is 2. The van der Waals surface area contributed by atoms with E-state index in [9.17, 15) is 9.59 Å². The van der Waals surface area contributed by atoms with Crippen molar-refractivity contribution in [3.05, 3.63) is 23.7 Å². The molecule has 0 aliphatic rings. The molecular weight excluding hydrogens is 182 g/mol. The Morgan fingerprint density at radius 2 is 2.50 bits per heavy atom. The van der Waals surface area contributed by atoms with Crippen LogP contribution >= 0.6 is 0 Å². The van der Waals surface area contributed by atoms with Gasteiger partial charge in [-0.2, -0.15) is 0 Å². The maximum Gasteiger partial charge on any atom is 0.217 e. The van der Waals surface area contributed by atoms with E-state index >= 15 is 0 Å². The van der Waals surface area contributed by atoms with Gasteiger partial charge in [-0.05, 0) is 6.07 Å². The Labute approximate surface area is 81.3 Å². The van der Waals surface area contributed by atoms with Gasteiger partial charge in [0.1, 0.15) is 0 Å². The number of carbonyl (C=O) groups is 2. The van der Waals surface area contributed by atoms with Crippen LogP contribution in [-0.2, 0) is 4.79 Å². The van der Waals surface area contributed by atoms with Gasteiger partial charge in [-0.15, -0.1) is 0 Å². The molecule has 0 aliphatic carbocycles. The molecule has 0 aliphatic heterocycles. The second kappa shape index (κ2) is 4.87. The molecule has 0 fully saturated rings. The summed E-state index contributed by atoms with van der Waals surface area (Å²) in [5.41, 5.74) is 0.533. The van der Waals surface area contributed by atoms with Crippen molar-refractivity contribution >= 4 is 12.2 Å².